The molecule has 1 saturated heterocycles. The van der Waals surface area contributed by atoms with Crippen LogP contribution in [0.4, 0.5) is 0 Å². The summed E-state index contributed by atoms with van der Waals surface area (Å²) in [4.78, 5) is 21.6. The molecule has 1 unspecified atom stereocenters. The van der Waals surface area contributed by atoms with Gasteiger partial charge in [0.15, 0.2) is 11.5 Å². The molecule has 38 heavy (non-hydrogen) atoms. The SMILES string of the molecule is CCc1cccc2c(C(CC(=O)N3CCN(Cc4ccc5c(c4)OCO5)CC3)Cc3ccccc3)c[nH]c12. The maximum absolute atomic E-state index is 13.6. The molecule has 6 nitrogen and oxygen atoms in total. The largest absolute Gasteiger partial charge is 0.454 e. The van der Waals surface area contributed by atoms with E-state index in [0.717, 1.165) is 57.1 Å². The molecule has 1 fully saturated rings. The van der Waals surface area contributed by atoms with E-state index in [1.165, 1.54) is 33.2 Å². The zero-order chi connectivity index (χ0) is 25.9. The van der Waals surface area contributed by atoms with E-state index in [4.69, 9.17) is 9.47 Å². The first-order chi connectivity index (χ1) is 18.7. The van der Waals surface area contributed by atoms with E-state index in [-0.39, 0.29) is 11.8 Å². The Balaban J connectivity index is 1.14. The lowest BCUT2D eigenvalue weighted by molar-refractivity contribution is -0.133. The van der Waals surface area contributed by atoms with Crippen LogP contribution in [-0.4, -0.2) is 53.7 Å². The number of aromatic nitrogens is 1. The van der Waals surface area contributed by atoms with Gasteiger partial charge in [-0.15, -0.1) is 0 Å². The van der Waals surface area contributed by atoms with Crippen molar-refractivity contribution < 1.29 is 14.3 Å². The normalized spacial score (nSPS) is 16.2. The Labute approximate surface area is 224 Å². The number of ether oxygens (including phenoxy) is 2. The lowest BCUT2D eigenvalue weighted by atomic mass is 9.88. The zero-order valence-corrected chi connectivity index (χ0v) is 22.0. The maximum atomic E-state index is 13.6. The van der Waals surface area contributed by atoms with Crippen molar-refractivity contribution in [1.82, 2.24) is 14.8 Å². The molecule has 3 aromatic carbocycles. The van der Waals surface area contributed by atoms with Crippen LogP contribution < -0.4 is 9.47 Å². The van der Waals surface area contributed by atoms with Crippen LogP contribution in [0, 0.1) is 0 Å². The predicted octanol–water partition coefficient (Wildman–Crippen LogP) is 5.52. The molecular weight excluding hydrogens is 474 g/mol. The lowest BCUT2D eigenvalue weighted by Crippen LogP contribution is -2.48. The molecule has 1 atom stereocenters. The van der Waals surface area contributed by atoms with Crippen molar-refractivity contribution in [2.45, 2.75) is 38.6 Å². The number of rotatable bonds is 8. The summed E-state index contributed by atoms with van der Waals surface area (Å²) in [7, 11) is 0. The first-order valence-electron chi connectivity index (χ1n) is 13.7. The molecule has 0 radical (unpaired) electrons. The van der Waals surface area contributed by atoms with Gasteiger partial charge in [0.1, 0.15) is 0 Å². The quantitative estimate of drug-likeness (QED) is 0.340. The van der Waals surface area contributed by atoms with Crippen molar-refractivity contribution >= 4 is 16.8 Å². The first kappa shape index (κ1) is 24.6. The van der Waals surface area contributed by atoms with Crippen molar-refractivity contribution in [3.63, 3.8) is 0 Å². The molecule has 3 heterocycles. The van der Waals surface area contributed by atoms with Gasteiger partial charge in [-0.05, 0) is 53.1 Å². The van der Waals surface area contributed by atoms with Crippen LogP contribution in [0.25, 0.3) is 10.9 Å². The molecule has 0 bridgehead atoms. The number of benzene rings is 3. The molecule has 1 N–H and O–H groups in total. The number of para-hydroxylation sites is 1. The van der Waals surface area contributed by atoms with Gasteiger partial charge < -0.3 is 19.4 Å². The summed E-state index contributed by atoms with van der Waals surface area (Å²) in [6, 6.07) is 23.2. The second kappa shape index (κ2) is 10.9. The summed E-state index contributed by atoms with van der Waals surface area (Å²) in [5, 5.41) is 1.24. The van der Waals surface area contributed by atoms with Gasteiger partial charge in [-0.25, -0.2) is 0 Å². The number of piperazine rings is 1. The summed E-state index contributed by atoms with van der Waals surface area (Å²) in [5.74, 6) is 2.01. The Morgan fingerprint density at radius 1 is 0.921 bits per heavy atom. The Morgan fingerprint density at radius 3 is 2.55 bits per heavy atom. The first-order valence-corrected chi connectivity index (χ1v) is 13.7. The minimum atomic E-state index is 0.123. The topological polar surface area (TPSA) is 57.8 Å². The second-order valence-electron chi connectivity index (χ2n) is 10.4. The maximum Gasteiger partial charge on any atom is 0.231 e. The van der Waals surface area contributed by atoms with Gasteiger partial charge in [0, 0.05) is 56.2 Å². The summed E-state index contributed by atoms with van der Waals surface area (Å²) >= 11 is 0. The molecule has 1 aromatic heterocycles. The van der Waals surface area contributed by atoms with Crippen LogP contribution in [0.15, 0.2) is 72.9 Å². The predicted molar refractivity (Wildman–Crippen MR) is 150 cm³/mol. The Morgan fingerprint density at radius 2 is 1.74 bits per heavy atom. The smallest absolute Gasteiger partial charge is 0.231 e. The number of fused-ring (bicyclic) bond motifs is 2. The van der Waals surface area contributed by atoms with Crippen LogP contribution in [0.1, 0.15) is 41.5 Å². The number of aromatic amines is 1. The number of carbonyl (C=O) groups is 1. The third kappa shape index (κ3) is 5.14. The minimum absolute atomic E-state index is 0.123. The molecule has 0 saturated carbocycles. The molecule has 2 aliphatic heterocycles. The lowest BCUT2D eigenvalue weighted by Gasteiger charge is -2.35. The van der Waals surface area contributed by atoms with Crippen molar-refractivity contribution in [2.75, 3.05) is 33.0 Å². The summed E-state index contributed by atoms with van der Waals surface area (Å²) < 4.78 is 11.0. The van der Waals surface area contributed by atoms with E-state index in [9.17, 15) is 4.79 Å². The van der Waals surface area contributed by atoms with Crippen LogP contribution in [0.2, 0.25) is 0 Å². The monoisotopic (exact) mass is 509 g/mol. The van der Waals surface area contributed by atoms with Crippen LogP contribution in [0.3, 0.4) is 0 Å². The molecule has 0 aliphatic carbocycles. The van der Waals surface area contributed by atoms with Crippen LogP contribution in [0.5, 0.6) is 11.5 Å². The Bertz CT molecular complexity index is 1410. The van der Waals surface area contributed by atoms with E-state index in [1.54, 1.807) is 0 Å². The standard InChI is InChI=1S/C32H35N3O3/c1-2-25-9-6-10-27-28(20-33-32(25)27)26(17-23-7-4-3-5-8-23)19-31(36)35-15-13-34(14-16-35)21-24-11-12-29-30(18-24)38-22-37-29/h3-12,18,20,26,33H,2,13-17,19,21-22H2,1H3. The van der Waals surface area contributed by atoms with Crippen molar-refractivity contribution in [2.24, 2.45) is 0 Å². The number of amides is 1. The number of H-pyrrole nitrogens is 1. The number of nitrogens with zero attached hydrogens (tertiary/aromatic N) is 2. The van der Waals surface area contributed by atoms with Crippen molar-refractivity contribution in [1.29, 1.82) is 0 Å². The van der Waals surface area contributed by atoms with Gasteiger partial charge in [0.25, 0.3) is 0 Å². The fourth-order valence-electron chi connectivity index (χ4n) is 5.85. The van der Waals surface area contributed by atoms with Gasteiger partial charge in [-0.1, -0.05) is 61.5 Å². The molecule has 4 aromatic rings. The zero-order valence-electron chi connectivity index (χ0n) is 22.0. The van der Waals surface area contributed by atoms with Gasteiger partial charge in [0.2, 0.25) is 12.7 Å². The molecular formula is C32H35N3O3. The van der Waals surface area contributed by atoms with Gasteiger partial charge >= 0.3 is 0 Å². The average Bonchev–Trinajstić information content (AvgIpc) is 3.60. The summed E-state index contributed by atoms with van der Waals surface area (Å²) in [6.45, 7) is 6.59. The average molecular weight is 510 g/mol. The number of hydrogen-bond acceptors (Lipinski definition) is 4. The molecule has 2 aliphatic rings. The minimum Gasteiger partial charge on any atom is -0.454 e. The summed E-state index contributed by atoms with van der Waals surface area (Å²) in [5.41, 5.74) is 6.24. The summed E-state index contributed by atoms with van der Waals surface area (Å²) in [6.07, 6.45) is 4.48. The van der Waals surface area contributed by atoms with E-state index < -0.39 is 0 Å². The van der Waals surface area contributed by atoms with Crippen LogP contribution in [-0.2, 0) is 24.2 Å². The highest BCUT2D eigenvalue weighted by atomic mass is 16.7. The fourth-order valence-corrected chi connectivity index (χ4v) is 5.85. The highest BCUT2D eigenvalue weighted by Crippen LogP contribution is 2.34. The second-order valence-corrected chi connectivity index (χ2v) is 10.4. The molecule has 6 heteroatoms. The third-order valence-corrected chi connectivity index (χ3v) is 7.97. The van der Waals surface area contributed by atoms with Crippen molar-refractivity contribution in [3.05, 3.63) is 95.2 Å². The fraction of sp³-hybridized carbons (Fsp3) is 0.344. The number of carbonyl (C=O) groups excluding carboxylic acids is 1. The number of hydrogen-bond donors (Lipinski definition) is 1. The molecule has 6 rings (SSSR count). The Hall–Kier alpha value is -3.77. The Kier molecular flexibility index (Phi) is 7.06. The highest BCUT2D eigenvalue weighted by Gasteiger charge is 2.26. The van der Waals surface area contributed by atoms with E-state index >= 15 is 0 Å². The highest BCUT2D eigenvalue weighted by molar-refractivity contribution is 5.87. The van der Waals surface area contributed by atoms with E-state index in [2.05, 4.69) is 82.5 Å². The third-order valence-electron chi connectivity index (χ3n) is 7.97. The van der Waals surface area contributed by atoms with E-state index in [1.807, 2.05) is 12.1 Å². The van der Waals surface area contributed by atoms with Gasteiger partial charge in [-0.2, -0.15) is 0 Å². The molecule has 0 spiro atoms. The van der Waals surface area contributed by atoms with Gasteiger partial charge in [0.05, 0.1) is 0 Å². The molecule has 1 amide bonds. The van der Waals surface area contributed by atoms with E-state index in [0.29, 0.717) is 13.2 Å². The van der Waals surface area contributed by atoms with Gasteiger partial charge in [-0.3, -0.25) is 9.69 Å². The molecule has 196 valence electrons. The van der Waals surface area contributed by atoms with Crippen LogP contribution >= 0.6 is 0 Å². The van der Waals surface area contributed by atoms with Crippen molar-refractivity contribution in [3.8, 4) is 11.5 Å². The number of aryl methyl sites for hydroxylation is 1. The number of nitrogens with one attached hydrogen (secondary N) is 1.